The molecule has 0 unspecified atom stereocenters. The predicted molar refractivity (Wildman–Crippen MR) is 75.8 cm³/mol. The second-order valence-electron chi connectivity index (χ2n) is 5.43. The molecule has 4 nitrogen and oxygen atoms in total. The van der Waals surface area contributed by atoms with E-state index >= 15 is 0 Å². The third-order valence-corrected chi connectivity index (χ3v) is 2.59. The lowest BCUT2D eigenvalue weighted by atomic mass is 10.2. The van der Waals surface area contributed by atoms with Crippen LogP contribution in [0.4, 0.5) is 4.79 Å². The monoisotopic (exact) mass is 264 g/mol. The third-order valence-electron chi connectivity index (χ3n) is 2.59. The molecular weight excluding hydrogens is 240 g/mol. The SMILES string of the molecule is CC.Cc1cc2c(cn1)CN(C(=O)OC(C)(C)C)C2. The van der Waals surface area contributed by atoms with Crippen LogP contribution in [0.5, 0.6) is 0 Å². The highest BCUT2D eigenvalue weighted by Crippen LogP contribution is 2.24. The van der Waals surface area contributed by atoms with Crippen LogP contribution in [-0.2, 0) is 17.8 Å². The lowest BCUT2D eigenvalue weighted by Crippen LogP contribution is -2.33. The number of ether oxygens (including phenoxy) is 1. The van der Waals surface area contributed by atoms with Crippen LogP contribution in [0.3, 0.4) is 0 Å². The molecule has 0 aliphatic carbocycles. The van der Waals surface area contributed by atoms with E-state index in [4.69, 9.17) is 4.74 Å². The Morgan fingerprint density at radius 2 is 1.84 bits per heavy atom. The number of fused-ring (bicyclic) bond motifs is 1. The Balaban J connectivity index is 0.000000861. The number of aryl methyl sites for hydroxylation is 1. The summed E-state index contributed by atoms with van der Waals surface area (Å²) < 4.78 is 5.35. The topological polar surface area (TPSA) is 42.4 Å². The van der Waals surface area contributed by atoms with E-state index in [0.717, 1.165) is 11.3 Å². The van der Waals surface area contributed by atoms with Crippen molar-refractivity contribution < 1.29 is 9.53 Å². The standard InChI is InChI=1S/C13H18N2O2.C2H6/c1-9-5-10-7-15(8-11(10)6-14-9)12(16)17-13(2,3)4;1-2/h5-6H,7-8H2,1-4H3;1-2H3. The van der Waals surface area contributed by atoms with Gasteiger partial charge >= 0.3 is 6.09 Å². The summed E-state index contributed by atoms with van der Waals surface area (Å²) >= 11 is 0. The van der Waals surface area contributed by atoms with Gasteiger partial charge in [-0.2, -0.15) is 0 Å². The van der Waals surface area contributed by atoms with Crippen LogP contribution in [0.1, 0.15) is 51.4 Å². The van der Waals surface area contributed by atoms with Gasteiger partial charge in [-0.25, -0.2) is 4.79 Å². The summed E-state index contributed by atoms with van der Waals surface area (Å²) in [4.78, 5) is 17.8. The van der Waals surface area contributed by atoms with Gasteiger partial charge in [0.1, 0.15) is 5.60 Å². The number of carbonyl (C=O) groups is 1. The molecule has 0 saturated carbocycles. The average molecular weight is 264 g/mol. The van der Waals surface area contributed by atoms with E-state index in [1.807, 2.05) is 53.8 Å². The van der Waals surface area contributed by atoms with Gasteiger partial charge in [-0.15, -0.1) is 0 Å². The van der Waals surface area contributed by atoms with E-state index in [9.17, 15) is 4.79 Å². The zero-order chi connectivity index (χ0) is 14.6. The Morgan fingerprint density at radius 1 is 1.26 bits per heavy atom. The molecule has 0 saturated heterocycles. The van der Waals surface area contributed by atoms with E-state index < -0.39 is 5.60 Å². The molecule has 0 N–H and O–H groups in total. The van der Waals surface area contributed by atoms with Crippen LogP contribution in [-0.4, -0.2) is 21.6 Å². The summed E-state index contributed by atoms with van der Waals surface area (Å²) in [6, 6.07) is 2.03. The minimum Gasteiger partial charge on any atom is -0.444 e. The van der Waals surface area contributed by atoms with Crippen molar-refractivity contribution in [2.75, 3.05) is 0 Å². The van der Waals surface area contributed by atoms with E-state index in [2.05, 4.69) is 4.98 Å². The Morgan fingerprint density at radius 3 is 2.42 bits per heavy atom. The second-order valence-corrected chi connectivity index (χ2v) is 5.43. The maximum absolute atomic E-state index is 11.9. The molecule has 106 valence electrons. The summed E-state index contributed by atoms with van der Waals surface area (Å²) in [6.45, 7) is 12.8. The number of hydrogen-bond acceptors (Lipinski definition) is 3. The summed E-state index contributed by atoms with van der Waals surface area (Å²) in [5.74, 6) is 0. The first-order chi connectivity index (χ1) is 8.85. The molecule has 0 radical (unpaired) electrons. The zero-order valence-corrected chi connectivity index (χ0v) is 12.8. The maximum atomic E-state index is 11.9. The largest absolute Gasteiger partial charge is 0.444 e. The maximum Gasteiger partial charge on any atom is 0.410 e. The van der Waals surface area contributed by atoms with Crippen LogP contribution >= 0.6 is 0 Å². The van der Waals surface area contributed by atoms with Crippen molar-refractivity contribution in [3.63, 3.8) is 0 Å². The fourth-order valence-electron chi connectivity index (χ4n) is 1.86. The molecule has 0 atom stereocenters. The van der Waals surface area contributed by atoms with Gasteiger partial charge in [0, 0.05) is 18.4 Å². The van der Waals surface area contributed by atoms with Gasteiger partial charge in [0.05, 0.1) is 6.54 Å². The van der Waals surface area contributed by atoms with Crippen molar-refractivity contribution in [1.29, 1.82) is 0 Å². The van der Waals surface area contributed by atoms with Crippen molar-refractivity contribution in [2.45, 2.75) is 60.2 Å². The first-order valence-corrected chi connectivity index (χ1v) is 6.77. The van der Waals surface area contributed by atoms with Crippen molar-refractivity contribution >= 4 is 6.09 Å². The predicted octanol–water partition coefficient (Wildman–Crippen LogP) is 3.67. The van der Waals surface area contributed by atoms with Crippen molar-refractivity contribution in [2.24, 2.45) is 0 Å². The fraction of sp³-hybridized carbons (Fsp3) is 0.600. The lowest BCUT2D eigenvalue weighted by Gasteiger charge is -2.24. The molecule has 1 amide bonds. The quantitative estimate of drug-likeness (QED) is 0.718. The van der Waals surface area contributed by atoms with E-state index in [-0.39, 0.29) is 6.09 Å². The van der Waals surface area contributed by atoms with Crippen molar-refractivity contribution in [1.82, 2.24) is 9.88 Å². The number of pyridine rings is 1. The van der Waals surface area contributed by atoms with Gasteiger partial charge in [-0.3, -0.25) is 9.88 Å². The fourth-order valence-corrected chi connectivity index (χ4v) is 1.86. The third kappa shape index (κ3) is 4.23. The van der Waals surface area contributed by atoms with Gasteiger partial charge in [0.15, 0.2) is 0 Å². The molecular formula is C15H24N2O2. The molecule has 1 aliphatic rings. The molecule has 1 aliphatic heterocycles. The molecule has 1 aromatic heterocycles. The van der Waals surface area contributed by atoms with Crippen molar-refractivity contribution in [3.05, 3.63) is 29.1 Å². The van der Waals surface area contributed by atoms with Crippen LogP contribution in [0, 0.1) is 6.92 Å². The minimum absolute atomic E-state index is 0.258. The molecule has 2 rings (SSSR count). The van der Waals surface area contributed by atoms with Crippen LogP contribution < -0.4 is 0 Å². The molecule has 0 aromatic carbocycles. The highest BCUT2D eigenvalue weighted by molar-refractivity contribution is 5.69. The van der Waals surface area contributed by atoms with Crippen LogP contribution in [0.25, 0.3) is 0 Å². The van der Waals surface area contributed by atoms with Gasteiger partial charge in [-0.1, -0.05) is 13.8 Å². The number of nitrogens with zero attached hydrogens (tertiary/aromatic N) is 2. The molecule has 0 bridgehead atoms. The first-order valence-electron chi connectivity index (χ1n) is 6.77. The summed E-state index contributed by atoms with van der Waals surface area (Å²) in [5.41, 5.74) is 2.82. The highest BCUT2D eigenvalue weighted by Gasteiger charge is 2.27. The number of amides is 1. The van der Waals surface area contributed by atoms with E-state index in [0.29, 0.717) is 13.1 Å². The van der Waals surface area contributed by atoms with E-state index in [1.165, 1.54) is 5.56 Å². The first kappa shape index (κ1) is 15.5. The van der Waals surface area contributed by atoms with Gasteiger partial charge in [0.25, 0.3) is 0 Å². The summed E-state index contributed by atoms with van der Waals surface area (Å²) in [7, 11) is 0. The normalized spacial score (nSPS) is 13.5. The highest BCUT2D eigenvalue weighted by atomic mass is 16.6. The summed E-state index contributed by atoms with van der Waals surface area (Å²) in [5, 5.41) is 0. The molecule has 2 heterocycles. The molecule has 4 heteroatoms. The average Bonchev–Trinajstić information content (AvgIpc) is 2.72. The molecule has 19 heavy (non-hydrogen) atoms. The van der Waals surface area contributed by atoms with Crippen molar-refractivity contribution in [3.8, 4) is 0 Å². The minimum atomic E-state index is -0.444. The van der Waals surface area contributed by atoms with Gasteiger partial charge in [-0.05, 0) is 44.9 Å². The smallest absolute Gasteiger partial charge is 0.410 e. The van der Waals surface area contributed by atoms with Crippen LogP contribution in [0.2, 0.25) is 0 Å². The van der Waals surface area contributed by atoms with Crippen LogP contribution in [0.15, 0.2) is 12.3 Å². The number of aromatic nitrogens is 1. The summed E-state index contributed by atoms with van der Waals surface area (Å²) in [6.07, 6.45) is 1.58. The molecule has 0 fully saturated rings. The van der Waals surface area contributed by atoms with Gasteiger partial charge < -0.3 is 4.74 Å². The molecule has 0 spiro atoms. The lowest BCUT2D eigenvalue weighted by molar-refractivity contribution is 0.0242. The Labute approximate surface area is 115 Å². The second kappa shape index (κ2) is 6.04. The van der Waals surface area contributed by atoms with E-state index in [1.54, 1.807) is 4.90 Å². The molecule has 1 aromatic rings. The van der Waals surface area contributed by atoms with Gasteiger partial charge in [0.2, 0.25) is 0 Å². The number of rotatable bonds is 0. The zero-order valence-electron chi connectivity index (χ0n) is 12.8. The number of hydrogen-bond donors (Lipinski definition) is 0. The Hall–Kier alpha value is -1.58. The Kier molecular flexibility index (Phi) is 4.92. The number of carbonyl (C=O) groups excluding carboxylic acids is 1. The Bertz CT molecular complexity index is 450.